The highest BCUT2D eigenvalue weighted by atomic mass is 19.4. The van der Waals surface area contributed by atoms with Crippen molar-refractivity contribution in [3.05, 3.63) is 6.92 Å². The van der Waals surface area contributed by atoms with Crippen molar-refractivity contribution >= 4 is 0 Å². The largest absolute Gasteiger partial charge is 0.453 e. The summed E-state index contributed by atoms with van der Waals surface area (Å²) in [4.78, 5) is 0. The fraction of sp³-hybridized carbons (Fsp3) is 0.857. The number of hydrogen-bond donors (Lipinski definition) is 0. The zero-order chi connectivity index (χ0) is 11.6. The number of rotatable bonds is 4. The minimum atomic E-state index is -5.77. The molecule has 0 spiro atoms. The fourth-order valence-corrected chi connectivity index (χ4v) is 0.607. The molecule has 0 saturated heterocycles. The maximum Gasteiger partial charge on any atom is 0.453 e. The van der Waals surface area contributed by atoms with E-state index in [2.05, 4.69) is 6.92 Å². The highest BCUT2D eigenvalue weighted by molar-refractivity contribution is 4.79. The van der Waals surface area contributed by atoms with Crippen LogP contribution in [-0.2, 0) is 0 Å². The second-order valence-corrected chi connectivity index (χ2v) is 2.81. The maximum atomic E-state index is 12.3. The third kappa shape index (κ3) is 3.71. The van der Waals surface area contributed by atoms with Gasteiger partial charge >= 0.3 is 12.1 Å². The van der Waals surface area contributed by atoms with Gasteiger partial charge in [0.2, 0.25) is 5.92 Å². The lowest BCUT2D eigenvalue weighted by Crippen LogP contribution is -2.37. The fourth-order valence-electron chi connectivity index (χ4n) is 0.607. The molecule has 0 aliphatic rings. The van der Waals surface area contributed by atoms with Crippen LogP contribution in [0.1, 0.15) is 19.3 Å². The van der Waals surface area contributed by atoms with E-state index in [-0.39, 0.29) is 0 Å². The Morgan fingerprint density at radius 1 is 0.786 bits per heavy atom. The van der Waals surface area contributed by atoms with Crippen molar-refractivity contribution in [1.29, 1.82) is 0 Å². The zero-order valence-corrected chi connectivity index (χ0v) is 6.97. The van der Waals surface area contributed by atoms with Gasteiger partial charge in [-0.05, 0) is 6.92 Å². The minimum absolute atomic E-state index is 0.999. The standard InChI is InChI=1S/C7H8F7/c1-2-5(8,9)3-4-6(10,11)7(12,13)14/h1-4H2. The van der Waals surface area contributed by atoms with Crippen molar-refractivity contribution in [1.82, 2.24) is 0 Å². The van der Waals surface area contributed by atoms with Crippen molar-refractivity contribution in [3.8, 4) is 0 Å². The quantitative estimate of drug-likeness (QED) is 0.638. The molecule has 0 heterocycles. The third-order valence-corrected chi connectivity index (χ3v) is 1.59. The minimum Gasteiger partial charge on any atom is -0.207 e. The van der Waals surface area contributed by atoms with Crippen LogP contribution in [0, 0.1) is 6.92 Å². The predicted octanol–water partition coefficient (Wildman–Crippen LogP) is 3.82. The molecular weight excluding hydrogens is 217 g/mol. The Bertz CT molecular complexity index is 181. The molecule has 0 rings (SSSR count). The molecule has 7 heteroatoms. The van der Waals surface area contributed by atoms with Gasteiger partial charge in [0.1, 0.15) is 0 Å². The van der Waals surface area contributed by atoms with E-state index in [9.17, 15) is 30.7 Å². The van der Waals surface area contributed by atoms with Crippen LogP contribution in [0.5, 0.6) is 0 Å². The first-order valence-electron chi connectivity index (χ1n) is 3.63. The SMILES string of the molecule is [CH2]CC(F)(F)CCC(F)(F)C(F)(F)F. The summed E-state index contributed by atoms with van der Waals surface area (Å²) < 4.78 is 83.4. The lowest BCUT2D eigenvalue weighted by Gasteiger charge is -2.21. The average molecular weight is 225 g/mol. The molecule has 0 amide bonds. The highest BCUT2D eigenvalue weighted by Crippen LogP contribution is 2.41. The normalized spacial score (nSPS) is 14.6. The Balaban J connectivity index is 4.27. The molecule has 0 atom stereocenters. The molecule has 0 nitrogen and oxygen atoms in total. The molecule has 0 N–H and O–H groups in total. The summed E-state index contributed by atoms with van der Waals surface area (Å²) in [6.07, 6.45) is -10.2. The van der Waals surface area contributed by atoms with E-state index < -0.39 is 37.3 Å². The Kier molecular flexibility index (Phi) is 3.80. The Hall–Kier alpha value is -0.490. The van der Waals surface area contributed by atoms with E-state index in [0.29, 0.717) is 0 Å². The van der Waals surface area contributed by atoms with E-state index in [1.54, 1.807) is 0 Å². The molecule has 85 valence electrons. The molecule has 0 aromatic rings. The summed E-state index contributed by atoms with van der Waals surface area (Å²) in [6, 6.07) is 0. The molecule has 0 unspecified atom stereocenters. The van der Waals surface area contributed by atoms with E-state index in [1.165, 1.54) is 0 Å². The Morgan fingerprint density at radius 3 is 1.50 bits per heavy atom. The van der Waals surface area contributed by atoms with Crippen LogP contribution in [-0.4, -0.2) is 18.0 Å². The van der Waals surface area contributed by atoms with E-state index in [1.807, 2.05) is 0 Å². The van der Waals surface area contributed by atoms with Crippen LogP contribution in [0.3, 0.4) is 0 Å². The highest BCUT2D eigenvalue weighted by Gasteiger charge is 2.57. The van der Waals surface area contributed by atoms with Crippen molar-refractivity contribution in [2.75, 3.05) is 0 Å². The topological polar surface area (TPSA) is 0 Å². The first-order chi connectivity index (χ1) is 6.02. The smallest absolute Gasteiger partial charge is 0.207 e. The van der Waals surface area contributed by atoms with Gasteiger partial charge in [0.05, 0.1) is 0 Å². The van der Waals surface area contributed by atoms with Crippen LogP contribution in [0.25, 0.3) is 0 Å². The summed E-state index contributed by atoms with van der Waals surface area (Å²) >= 11 is 0. The van der Waals surface area contributed by atoms with Crippen molar-refractivity contribution < 1.29 is 30.7 Å². The van der Waals surface area contributed by atoms with Crippen molar-refractivity contribution in [2.24, 2.45) is 0 Å². The lowest BCUT2D eigenvalue weighted by atomic mass is 10.1. The zero-order valence-electron chi connectivity index (χ0n) is 6.97. The second kappa shape index (κ2) is 3.94. The summed E-state index contributed by atoms with van der Waals surface area (Å²) in [5.41, 5.74) is 0. The number of halogens is 7. The van der Waals surface area contributed by atoms with Crippen LogP contribution in [0.15, 0.2) is 0 Å². The molecule has 0 aromatic carbocycles. The molecule has 0 aliphatic carbocycles. The van der Waals surface area contributed by atoms with E-state index in [4.69, 9.17) is 0 Å². The molecule has 0 fully saturated rings. The monoisotopic (exact) mass is 225 g/mol. The van der Waals surface area contributed by atoms with Crippen molar-refractivity contribution in [3.63, 3.8) is 0 Å². The molecular formula is C7H8F7. The van der Waals surface area contributed by atoms with Crippen LogP contribution in [0.2, 0.25) is 0 Å². The van der Waals surface area contributed by atoms with E-state index in [0.717, 1.165) is 0 Å². The number of hydrogen-bond acceptors (Lipinski definition) is 0. The van der Waals surface area contributed by atoms with Crippen LogP contribution >= 0.6 is 0 Å². The van der Waals surface area contributed by atoms with Gasteiger partial charge in [0.15, 0.2) is 0 Å². The van der Waals surface area contributed by atoms with Gasteiger partial charge in [-0.1, -0.05) is 0 Å². The van der Waals surface area contributed by atoms with E-state index >= 15 is 0 Å². The maximum absolute atomic E-state index is 12.3. The first-order valence-corrected chi connectivity index (χ1v) is 3.63. The average Bonchev–Trinajstić information content (AvgIpc) is 1.99. The van der Waals surface area contributed by atoms with Gasteiger partial charge in [-0.3, -0.25) is 0 Å². The van der Waals surface area contributed by atoms with Crippen molar-refractivity contribution in [2.45, 2.75) is 37.3 Å². The van der Waals surface area contributed by atoms with Gasteiger partial charge in [0.25, 0.3) is 0 Å². The summed E-state index contributed by atoms with van der Waals surface area (Å²) in [5.74, 6) is -8.64. The molecule has 0 bridgehead atoms. The molecule has 1 radical (unpaired) electrons. The summed E-state index contributed by atoms with van der Waals surface area (Å²) in [7, 11) is 0. The molecule has 0 aromatic heterocycles. The Labute approximate surface area is 76.1 Å². The Morgan fingerprint density at radius 2 is 1.21 bits per heavy atom. The molecule has 0 aliphatic heterocycles. The lowest BCUT2D eigenvalue weighted by molar-refractivity contribution is -0.287. The number of alkyl halides is 7. The van der Waals surface area contributed by atoms with Gasteiger partial charge in [-0.25, -0.2) is 8.78 Å². The first kappa shape index (κ1) is 13.5. The second-order valence-electron chi connectivity index (χ2n) is 2.81. The van der Waals surface area contributed by atoms with Gasteiger partial charge in [0, 0.05) is 19.3 Å². The van der Waals surface area contributed by atoms with Crippen LogP contribution < -0.4 is 0 Å². The molecule has 14 heavy (non-hydrogen) atoms. The van der Waals surface area contributed by atoms with Gasteiger partial charge in [-0.15, -0.1) is 0 Å². The summed E-state index contributed by atoms with van der Waals surface area (Å²) in [6.45, 7) is 2.74. The van der Waals surface area contributed by atoms with Gasteiger partial charge in [-0.2, -0.15) is 22.0 Å². The van der Waals surface area contributed by atoms with Gasteiger partial charge < -0.3 is 0 Å². The predicted molar refractivity (Wildman–Crippen MR) is 35.2 cm³/mol. The molecule has 0 saturated carbocycles. The van der Waals surface area contributed by atoms with Crippen LogP contribution in [0.4, 0.5) is 30.7 Å². The third-order valence-electron chi connectivity index (χ3n) is 1.59. The summed E-state index contributed by atoms with van der Waals surface area (Å²) in [5, 5.41) is 0.